The predicted octanol–water partition coefficient (Wildman–Crippen LogP) is 1.90. The molecule has 1 aromatic carbocycles. The summed E-state index contributed by atoms with van der Waals surface area (Å²) >= 11 is 0. The molecule has 2 aromatic heterocycles. The van der Waals surface area contributed by atoms with Crippen LogP contribution >= 0.6 is 0 Å². The van der Waals surface area contributed by atoms with Crippen molar-refractivity contribution in [3.63, 3.8) is 0 Å². The minimum absolute atomic E-state index is 0.0437. The highest BCUT2D eigenvalue weighted by Gasteiger charge is 2.25. The second-order valence-corrected chi connectivity index (χ2v) is 6.82. The summed E-state index contributed by atoms with van der Waals surface area (Å²) in [4.78, 5) is 40.5. The first kappa shape index (κ1) is 17.2. The van der Waals surface area contributed by atoms with E-state index in [-0.39, 0.29) is 11.6 Å². The number of aryl methyl sites for hydroxylation is 2. The fourth-order valence-corrected chi connectivity index (χ4v) is 3.49. The van der Waals surface area contributed by atoms with Crippen molar-refractivity contribution in [1.29, 1.82) is 0 Å². The Hall–Kier alpha value is -3.22. The molecule has 0 bridgehead atoms. The number of pyridine rings is 1. The SMILES string of the molecule is Cc1cc(N2CCN(C(=O)c3nc4ccccc4[nH]c3=O)CC2)cc(C)n1. The van der Waals surface area contributed by atoms with Gasteiger partial charge >= 0.3 is 0 Å². The summed E-state index contributed by atoms with van der Waals surface area (Å²) in [5.41, 5.74) is 3.84. The van der Waals surface area contributed by atoms with Crippen molar-refractivity contribution < 1.29 is 4.79 Å². The van der Waals surface area contributed by atoms with Gasteiger partial charge in [-0.2, -0.15) is 0 Å². The van der Waals surface area contributed by atoms with Crippen LogP contribution in [-0.2, 0) is 0 Å². The van der Waals surface area contributed by atoms with Crippen LogP contribution in [0, 0.1) is 13.8 Å². The highest BCUT2D eigenvalue weighted by atomic mass is 16.2. The lowest BCUT2D eigenvalue weighted by atomic mass is 10.2. The Balaban J connectivity index is 1.52. The molecule has 3 heterocycles. The predicted molar refractivity (Wildman–Crippen MR) is 104 cm³/mol. The molecular formula is C20H21N5O2. The van der Waals surface area contributed by atoms with E-state index in [9.17, 15) is 9.59 Å². The normalized spacial score (nSPS) is 14.6. The molecule has 0 spiro atoms. The second-order valence-electron chi connectivity index (χ2n) is 6.82. The van der Waals surface area contributed by atoms with Crippen molar-refractivity contribution in [2.75, 3.05) is 31.1 Å². The van der Waals surface area contributed by atoms with Gasteiger partial charge in [-0.05, 0) is 38.1 Å². The van der Waals surface area contributed by atoms with Crippen LogP contribution in [0.1, 0.15) is 21.9 Å². The van der Waals surface area contributed by atoms with Gasteiger partial charge < -0.3 is 14.8 Å². The van der Waals surface area contributed by atoms with Crippen molar-refractivity contribution in [3.8, 4) is 0 Å². The number of amides is 1. The summed E-state index contributed by atoms with van der Waals surface area (Å²) < 4.78 is 0. The van der Waals surface area contributed by atoms with E-state index in [0.717, 1.165) is 17.1 Å². The van der Waals surface area contributed by atoms with Gasteiger partial charge in [-0.15, -0.1) is 0 Å². The number of fused-ring (bicyclic) bond motifs is 1. The molecule has 1 aliphatic rings. The second kappa shape index (κ2) is 6.83. The number of hydrogen-bond acceptors (Lipinski definition) is 5. The van der Waals surface area contributed by atoms with Crippen LogP contribution in [0.3, 0.4) is 0 Å². The monoisotopic (exact) mass is 363 g/mol. The van der Waals surface area contributed by atoms with Gasteiger partial charge in [-0.25, -0.2) is 4.98 Å². The Morgan fingerprint density at radius 3 is 2.37 bits per heavy atom. The van der Waals surface area contributed by atoms with Crippen LogP contribution in [0.2, 0.25) is 0 Å². The van der Waals surface area contributed by atoms with E-state index >= 15 is 0 Å². The van der Waals surface area contributed by atoms with E-state index in [1.54, 1.807) is 17.0 Å². The molecule has 0 aliphatic carbocycles. The quantitative estimate of drug-likeness (QED) is 0.752. The summed E-state index contributed by atoms with van der Waals surface area (Å²) in [5, 5.41) is 0. The van der Waals surface area contributed by atoms with Gasteiger partial charge in [-0.3, -0.25) is 14.6 Å². The van der Waals surface area contributed by atoms with Gasteiger partial charge in [0.1, 0.15) is 0 Å². The number of piperazine rings is 1. The summed E-state index contributed by atoms with van der Waals surface area (Å²) in [5.74, 6) is -0.316. The maximum atomic E-state index is 12.8. The van der Waals surface area contributed by atoms with E-state index in [0.29, 0.717) is 37.2 Å². The average Bonchev–Trinajstić information content (AvgIpc) is 2.66. The van der Waals surface area contributed by atoms with Gasteiger partial charge in [0, 0.05) is 43.3 Å². The zero-order valence-corrected chi connectivity index (χ0v) is 15.4. The van der Waals surface area contributed by atoms with Gasteiger partial charge in [0.25, 0.3) is 11.5 Å². The molecule has 27 heavy (non-hydrogen) atoms. The topological polar surface area (TPSA) is 82.2 Å². The molecule has 0 unspecified atom stereocenters. The van der Waals surface area contributed by atoms with Gasteiger partial charge in [0.05, 0.1) is 11.0 Å². The van der Waals surface area contributed by atoms with Crippen molar-refractivity contribution in [2.45, 2.75) is 13.8 Å². The number of carbonyl (C=O) groups excluding carboxylic acids is 1. The highest BCUT2D eigenvalue weighted by Crippen LogP contribution is 2.19. The molecule has 0 saturated carbocycles. The van der Waals surface area contributed by atoms with E-state index in [1.807, 2.05) is 26.0 Å². The van der Waals surface area contributed by atoms with Crippen LogP contribution in [0.15, 0.2) is 41.2 Å². The van der Waals surface area contributed by atoms with Crippen molar-refractivity contribution in [2.24, 2.45) is 0 Å². The number of anilines is 1. The number of nitrogens with one attached hydrogen (secondary N) is 1. The number of H-pyrrole nitrogens is 1. The lowest BCUT2D eigenvalue weighted by molar-refractivity contribution is 0.0739. The van der Waals surface area contributed by atoms with E-state index in [4.69, 9.17) is 0 Å². The molecule has 138 valence electrons. The molecule has 3 aromatic rings. The van der Waals surface area contributed by atoms with Gasteiger partial charge in [-0.1, -0.05) is 12.1 Å². The third-order valence-electron chi connectivity index (χ3n) is 4.80. The third kappa shape index (κ3) is 3.40. The molecule has 1 N–H and O–H groups in total. The molecule has 4 rings (SSSR count). The van der Waals surface area contributed by atoms with Crippen LogP contribution in [-0.4, -0.2) is 51.9 Å². The van der Waals surface area contributed by atoms with E-state index < -0.39 is 5.56 Å². The molecule has 1 amide bonds. The fraction of sp³-hybridized carbons (Fsp3) is 0.300. The number of rotatable bonds is 2. The molecule has 1 aliphatic heterocycles. The summed E-state index contributed by atoms with van der Waals surface area (Å²) in [7, 11) is 0. The fourth-order valence-electron chi connectivity index (χ4n) is 3.49. The Kier molecular flexibility index (Phi) is 4.35. The van der Waals surface area contributed by atoms with E-state index in [1.165, 1.54) is 0 Å². The molecule has 1 saturated heterocycles. The van der Waals surface area contributed by atoms with Crippen molar-refractivity contribution in [1.82, 2.24) is 19.9 Å². The smallest absolute Gasteiger partial charge is 0.280 e. The molecule has 1 fully saturated rings. The first-order chi connectivity index (χ1) is 13.0. The highest BCUT2D eigenvalue weighted by molar-refractivity contribution is 5.93. The Labute approximate surface area is 156 Å². The van der Waals surface area contributed by atoms with Gasteiger partial charge in [0.15, 0.2) is 5.69 Å². The number of nitrogens with zero attached hydrogens (tertiary/aromatic N) is 4. The zero-order chi connectivity index (χ0) is 19.0. The summed E-state index contributed by atoms with van der Waals surface area (Å²) in [6.45, 7) is 6.47. The largest absolute Gasteiger partial charge is 0.368 e. The first-order valence-electron chi connectivity index (χ1n) is 9.00. The lowest BCUT2D eigenvalue weighted by Crippen LogP contribution is -2.50. The standard InChI is InChI=1S/C20H21N5O2/c1-13-11-15(12-14(2)21-13)24-7-9-25(10-8-24)20(27)18-19(26)23-17-6-4-3-5-16(17)22-18/h3-6,11-12H,7-10H2,1-2H3,(H,23,26). The lowest BCUT2D eigenvalue weighted by Gasteiger charge is -2.36. The number of aromatic amines is 1. The Morgan fingerprint density at radius 1 is 1.00 bits per heavy atom. The molecule has 7 heteroatoms. The molecule has 0 atom stereocenters. The Morgan fingerprint density at radius 2 is 1.67 bits per heavy atom. The molecule has 7 nitrogen and oxygen atoms in total. The van der Waals surface area contributed by atoms with E-state index in [2.05, 4.69) is 32.0 Å². The summed E-state index contributed by atoms with van der Waals surface area (Å²) in [6, 6.07) is 11.3. The number of aromatic nitrogens is 3. The minimum atomic E-state index is -0.443. The summed E-state index contributed by atoms with van der Waals surface area (Å²) in [6.07, 6.45) is 0. The van der Waals surface area contributed by atoms with Crippen LogP contribution in [0.5, 0.6) is 0 Å². The average molecular weight is 363 g/mol. The number of para-hydroxylation sites is 2. The minimum Gasteiger partial charge on any atom is -0.368 e. The van der Waals surface area contributed by atoms with Gasteiger partial charge in [0.2, 0.25) is 0 Å². The van der Waals surface area contributed by atoms with Crippen molar-refractivity contribution in [3.05, 3.63) is 63.8 Å². The maximum Gasteiger partial charge on any atom is 0.280 e. The zero-order valence-electron chi connectivity index (χ0n) is 15.4. The molecular weight excluding hydrogens is 342 g/mol. The maximum absolute atomic E-state index is 12.8. The first-order valence-corrected chi connectivity index (χ1v) is 9.00. The molecule has 0 radical (unpaired) electrons. The van der Waals surface area contributed by atoms with Crippen LogP contribution in [0.25, 0.3) is 11.0 Å². The van der Waals surface area contributed by atoms with Crippen molar-refractivity contribution >= 4 is 22.6 Å². The number of benzene rings is 1. The van der Waals surface area contributed by atoms with Crippen LogP contribution < -0.4 is 10.5 Å². The Bertz CT molecular complexity index is 1050. The number of hydrogen-bond donors (Lipinski definition) is 1. The van der Waals surface area contributed by atoms with Crippen LogP contribution in [0.4, 0.5) is 5.69 Å². The third-order valence-corrected chi connectivity index (χ3v) is 4.80. The number of carbonyl (C=O) groups is 1.